The van der Waals surface area contributed by atoms with Crippen molar-refractivity contribution in [2.45, 2.75) is 34.1 Å². The highest BCUT2D eigenvalue weighted by Gasteiger charge is 2.10. The average molecular weight is 230 g/mol. The number of rotatable bonds is 4. The van der Waals surface area contributed by atoms with Gasteiger partial charge in [-0.2, -0.15) is 0 Å². The molecule has 0 radical (unpaired) electrons. The minimum atomic E-state index is 1.04. The molecule has 92 valence electrons. The lowest BCUT2D eigenvalue weighted by Crippen LogP contribution is -2.16. The molecule has 2 nitrogen and oxygen atoms in total. The molecule has 17 heavy (non-hydrogen) atoms. The Labute approximate surface area is 103 Å². The first-order valence-electron chi connectivity index (χ1n) is 6.43. The first kappa shape index (κ1) is 12.2. The normalized spacial score (nSPS) is 11.3. The van der Waals surface area contributed by atoms with E-state index in [0.717, 1.165) is 19.5 Å². The molecule has 0 spiro atoms. The highest BCUT2D eigenvalue weighted by molar-refractivity contribution is 5.88. The zero-order valence-corrected chi connectivity index (χ0v) is 11.3. The summed E-state index contributed by atoms with van der Waals surface area (Å²) in [6.45, 7) is 10.8. The van der Waals surface area contributed by atoms with E-state index in [2.05, 4.69) is 50.1 Å². The van der Waals surface area contributed by atoms with Crippen LogP contribution in [0.4, 0.5) is 0 Å². The van der Waals surface area contributed by atoms with Crippen LogP contribution in [0.15, 0.2) is 12.1 Å². The van der Waals surface area contributed by atoms with Crippen molar-refractivity contribution in [3.63, 3.8) is 0 Å². The van der Waals surface area contributed by atoms with Crippen molar-refractivity contribution in [3.05, 3.63) is 34.5 Å². The van der Waals surface area contributed by atoms with E-state index >= 15 is 0 Å². The van der Waals surface area contributed by atoms with Gasteiger partial charge in [0.2, 0.25) is 0 Å². The van der Waals surface area contributed by atoms with Gasteiger partial charge < -0.3 is 10.3 Å². The molecule has 0 aliphatic carbocycles. The Balaban J connectivity index is 2.42. The summed E-state index contributed by atoms with van der Waals surface area (Å²) in [4.78, 5) is 3.54. The first-order valence-corrected chi connectivity index (χ1v) is 6.43. The van der Waals surface area contributed by atoms with Crippen LogP contribution in [0, 0.1) is 20.8 Å². The highest BCUT2D eigenvalue weighted by atomic mass is 14.8. The number of aryl methyl sites for hydroxylation is 3. The summed E-state index contributed by atoms with van der Waals surface area (Å²) in [5, 5.41) is 4.78. The summed E-state index contributed by atoms with van der Waals surface area (Å²) in [5.74, 6) is 0. The molecule has 0 saturated heterocycles. The van der Waals surface area contributed by atoms with Gasteiger partial charge in [-0.05, 0) is 57.0 Å². The molecule has 0 fully saturated rings. The Morgan fingerprint density at radius 3 is 2.65 bits per heavy atom. The molecule has 1 aromatic heterocycles. The predicted octanol–water partition coefficient (Wildman–Crippen LogP) is 3.25. The molecule has 0 saturated carbocycles. The van der Waals surface area contributed by atoms with E-state index in [-0.39, 0.29) is 0 Å². The lowest BCUT2D eigenvalue weighted by atomic mass is 10.0. The molecule has 0 bridgehead atoms. The van der Waals surface area contributed by atoms with Crippen molar-refractivity contribution in [2.75, 3.05) is 13.1 Å². The molecule has 0 unspecified atom stereocenters. The zero-order valence-electron chi connectivity index (χ0n) is 11.3. The van der Waals surface area contributed by atoms with Crippen LogP contribution >= 0.6 is 0 Å². The Kier molecular flexibility index (Phi) is 3.53. The quantitative estimate of drug-likeness (QED) is 0.775. The molecular weight excluding hydrogens is 208 g/mol. The Morgan fingerprint density at radius 1 is 1.18 bits per heavy atom. The van der Waals surface area contributed by atoms with Gasteiger partial charge in [-0.1, -0.05) is 19.1 Å². The third-order valence-electron chi connectivity index (χ3n) is 3.63. The van der Waals surface area contributed by atoms with Crippen LogP contribution in [0.2, 0.25) is 0 Å². The predicted molar refractivity (Wildman–Crippen MR) is 74.8 cm³/mol. The number of hydrogen-bond donors (Lipinski definition) is 2. The summed E-state index contributed by atoms with van der Waals surface area (Å²) >= 11 is 0. The minimum Gasteiger partial charge on any atom is -0.358 e. The standard InChI is InChI=1S/C15H22N2/c1-5-16-9-8-13-12(4)17-15-11(3)10(2)6-7-14(13)15/h6-7,16-17H,5,8-9H2,1-4H3. The van der Waals surface area contributed by atoms with Crippen LogP contribution in [-0.4, -0.2) is 18.1 Å². The molecule has 2 aromatic rings. The third-order valence-corrected chi connectivity index (χ3v) is 3.63. The molecule has 0 amide bonds. The largest absolute Gasteiger partial charge is 0.358 e. The molecule has 0 aliphatic heterocycles. The van der Waals surface area contributed by atoms with Gasteiger partial charge in [-0.25, -0.2) is 0 Å². The van der Waals surface area contributed by atoms with Gasteiger partial charge in [0.25, 0.3) is 0 Å². The highest BCUT2D eigenvalue weighted by Crippen LogP contribution is 2.26. The topological polar surface area (TPSA) is 27.8 Å². The van der Waals surface area contributed by atoms with Gasteiger partial charge in [0.15, 0.2) is 0 Å². The second-order valence-corrected chi connectivity index (χ2v) is 4.76. The molecular formula is C15H22N2. The number of aromatic amines is 1. The van der Waals surface area contributed by atoms with Gasteiger partial charge in [-0.15, -0.1) is 0 Å². The zero-order chi connectivity index (χ0) is 12.4. The van der Waals surface area contributed by atoms with E-state index in [0.29, 0.717) is 0 Å². The molecule has 1 aromatic carbocycles. The van der Waals surface area contributed by atoms with Crippen molar-refractivity contribution in [1.29, 1.82) is 0 Å². The molecule has 2 heteroatoms. The van der Waals surface area contributed by atoms with Gasteiger partial charge in [0, 0.05) is 16.6 Å². The second kappa shape index (κ2) is 4.92. The maximum absolute atomic E-state index is 3.54. The van der Waals surface area contributed by atoms with Gasteiger partial charge in [0.05, 0.1) is 0 Å². The summed E-state index contributed by atoms with van der Waals surface area (Å²) in [6, 6.07) is 4.48. The van der Waals surface area contributed by atoms with Gasteiger partial charge in [0.1, 0.15) is 0 Å². The fourth-order valence-corrected chi connectivity index (χ4v) is 2.41. The van der Waals surface area contributed by atoms with E-state index < -0.39 is 0 Å². The van der Waals surface area contributed by atoms with Crippen LogP contribution in [0.25, 0.3) is 10.9 Å². The van der Waals surface area contributed by atoms with Crippen LogP contribution in [0.3, 0.4) is 0 Å². The molecule has 2 rings (SSSR count). The van der Waals surface area contributed by atoms with Crippen LogP contribution in [0.1, 0.15) is 29.3 Å². The SMILES string of the molecule is CCNCCc1c(C)[nH]c2c(C)c(C)ccc12. The molecule has 2 N–H and O–H groups in total. The van der Waals surface area contributed by atoms with E-state index in [1.807, 2.05) is 0 Å². The van der Waals surface area contributed by atoms with Crippen molar-refractivity contribution in [1.82, 2.24) is 10.3 Å². The van der Waals surface area contributed by atoms with E-state index in [9.17, 15) is 0 Å². The van der Waals surface area contributed by atoms with Crippen LogP contribution in [0.5, 0.6) is 0 Å². The monoisotopic (exact) mass is 230 g/mol. The smallest absolute Gasteiger partial charge is 0.0491 e. The number of nitrogens with one attached hydrogen (secondary N) is 2. The third kappa shape index (κ3) is 2.22. The van der Waals surface area contributed by atoms with Crippen LogP contribution < -0.4 is 5.32 Å². The maximum atomic E-state index is 3.54. The van der Waals surface area contributed by atoms with E-state index in [4.69, 9.17) is 0 Å². The average Bonchev–Trinajstić information content (AvgIpc) is 2.62. The lowest BCUT2D eigenvalue weighted by molar-refractivity contribution is 0.716. The number of aromatic nitrogens is 1. The summed E-state index contributed by atoms with van der Waals surface area (Å²) in [5.41, 5.74) is 6.82. The Hall–Kier alpha value is -1.28. The second-order valence-electron chi connectivity index (χ2n) is 4.76. The fourth-order valence-electron chi connectivity index (χ4n) is 2.41. The summed E-state index contributed by atoms with van der Waals surface area (Å²) in [6.07, 6.45) is 1.10. The minimum absolute atomic E-state index is 1.04. The Morgan fingerprint density at radius 2 is 1.94 bits per heavy atom. The number of benzene rings is 1. The van der Waals surface area contributed by atoms with Crippen molar-refractivity contribution in [3.8, 4) is 0 Å². The summed E-state index contributed by atoms with van der Waals surface area (Å²) in [7, 11) is 0. The van der Waals surface area contributed by atoms with E-state index in [1.54, 1.807) is 0 Å². The van der Waals surface area contributed by atoms with Gasteiger partial charge >= 0.3 is 0 Å². The van der Waals surface area contributed by atoms with E-state index in [1.165, 1.54) is 33.3 Å². The number of H-pyrrole nitrogens is 1. The van der Waals surface area contributed by atoms with Crippen LogP contribution in [-0.2, 0) is 6.42 Å². The maximum Gasteiger partial charge on any atom is 0.0491 e. The lowest BCUT2D eigenvalue weighted by Gasteiger charge is -2.04. The summed E-state index contributed by atoms with van der Waals surface area (Å²) < 4.78 is 0. The number of hydrogen-bond acceptors (Lipinski definition) is 1. The van der Waals surface area contributed by atoms with Crippen molar-refractivity contribution < 1.29 is 0 Å². The first-order chi connectivity index (χ1) is 8.15. The van der Waals surface area contributed by atoms with Gasteiger partial charge in [-0.3, -0.25) is 0 Å². The molecule has 0 aliphatic rings. The van der Waals surface area contributed by atoms with Crippen molar-refractivity contribution in [2.24, 2.45) is 0 Å². The number of fused-ring (bicyclic) bond motifs is 1. The van der Waals surface area contributed by atoms with Crippen molar-refractivity contribution >= 4 is 10.9 Å². The fraction of sp³-hybridized carbons (Fsp3) is 0.467. The molecule has 0 atom stereocenters. The molecule has 1 heterocycles. The Bertz CT molecular complexity index is 523. The number of likely N-dealkylation sites (N-methyl/N-ethyl adjacent to an activating group) is 1.